The molecule has 2 aromatic carbocycles. The topological polar surface area (TPSA) is 98.5 Å². The molecule has 42 heavy (non-hydrogen) atoms. The number of hydrogen-bond donors (Lipinski definition) is 0. The lowest BCUT2D eigenvalue weighted by Gasteiger charge is -2.34. The Labute approximate surface area is 248 Å². The predicted octanol–water partition coefficient (Wildman–Crippen LogP) is 4.52. The van der Waals surface area contributed by atoms with Crippen LogP contribution in [0.3, 0.4) is 0 Å². The van der Waals surface area contributed by atoms with Gasteiger partial charge in [0.1, 0.15) is 23.8 Å². The van der Waals surface area contributed by atoms with Gasteiger partial charge >= 0.3 is 11.6 Å². The van der Waals surface area contributed by atoms with Crippen molar-refractivity contribution in [2.24, 2.45) is 5.92 Å². The lowest BCUT2D eigenvalue weighted by atomic mass is 9.94. The molecule has 2 aliphatic rings. The maximum absolute atomic E-state index is 13.6. The molecule has 1 aromatic heterocycles. The lowest BCUT2D eigenvalue weighted by Crippen LogP contribution is -2.46. The highest BCUT2D eigenvalue weighted by Crippen LogP contribution is 2.34. The lowest BCUT2D eigenvalue weighted by molar-refractivity contribution is -0.148. The fourth-order valence-corrected chi connectivity index (χ4v) is 5.77. The van der Waals surface area contributed by atoms with Gasteiger partial charge in [-0.1, -0.05) is 11.6 Å². The Kier molecular flexibility index (Phi) is 9.76. The Hall–Kier alpha value is -3.47. The molecule has 2 aliphatic heterocycles. The Balaban J connectivity index is 1.18. The molecule has 3 heterocycles. The van der Waals surface area contributed by atoms with Crippen molar-refractivity contribution in [2.75, 3.05) is 52.5 Å². The van der Waals surface area contributed by atoms with Gasteiger partial charge in [-0.2, -0.15) is 0 Å². The van der Waals surface area contributed by atoms with E-state index in [4.69, 9.17) is 30.2 Å². The monoisotopic (exact) mass is 600 g/mol. The van der Waals surface area contributed by atoms with Crippen LogP contribution < -0.4 is 10.4 Å². The quantitative estimate of drug-likeness (QED) is 0.261. The average molecular weight is 601 g/mol. The zero-order chi connectivity index (χ0) is 29.6. The maximum Gasteiger partial charge on any atom is 0.336 e. The molecular weight excluding hydrogens is 567 g/mol. The van der Waals surface area contributed by atoms with Gasteiger partial charge in [0.15, 0.2) is 6.10 Å². The Morgan fingerprint density at radius 2 is 1.90 bits per heavy atom. The minimum Gasteiger partial charge on any atom is -0.481 e. The molecule has 3 aromatic rings. The van der Waals surface area contributed by atoms with Crippen molar-refractivity contribution in [1.29, 1.82) is 0 Å². The van der Waals surface area contributed by atoms with Crippen LogP contribution in [0.5, 0.6) is 5.75 Å². The summed E-state index contributed by atoms with van der Waals surface area (Å²) in [6, 6.07) is 10.2. The molecule has 9 nitrogen and oxygen atoms in total. The van der Waals surface area contributed by atoms with Crippen molar-refractivity contribution in [3.63, 3.8) is 0 Å². The summed E-state index contributed by atoms with van der Waals surface area (Å²) in [5.41, 5.74) is 0.646. The van der Waals surface area contributed by atoms with Gasteiger partial charge in [-0.15, -0.1) is 0 Å². The molecule has 0 bridgehead atoms. The van der Waals surface area contributed by atoms with E-state index in [0.29, 0.717) is 61.7 Å². The summed E-state index contributed by atoms with van der Waals surface area (Å²) in [5.74, 6) is -0.534. The van der Waals surface area contributed by atoms with Gasteiger partial charge in [0.2, 0.25) is 0 Å². The number of ether oxygens (including phenoxy) is 3. The zero-order valence-electron chi connectivity index (χ0n) is 23.5. The van der Waals surface area contributed by atoms with Gasteiger partial charge < -0.3 is 23.5 Å². The molecule has 1 unspecified atom stereocenters. The number of fused-ring (bicyclic) bond motifs is 1. The van der Waals surface area contributed by atoms with E-state index >= 15 is 0 Å². The van der Waals surface area contributed by atoms with E-state index < -0.39 is 17.5 Å². The Morgan fingerprint density at radius 1 is 1.10 bits per heavy atom. The SMILES string of the molecule is CC(Oc1ccc2c(-c3ccc(F)cc3Cl)cc(=O)oc2c1)C(=O)N1CCC[C@H](CC(=O)OCCN2CCOCC2)C1. The summed E-state index contributed by atoms with van der Waals surface area (Å²) in [6.07, 6.45) is 1.11. The molecule has 5 rings (SSSR count). The van der Waals surface area contributed by atoms with Crippen LogP contribution in [0.4, 0.5) is 4.39 Å². The molecule has 0 saturated carbocycles. The summed E-state index contributed by atoms with van der Waals surface area (Å²) in [5, 5.41) is 0.757. The maximum atomic E-state index is 13.6. The minimum atomic E-state index is -0.803. The van der Waals surface area contributed by atoms with Crippen LogP contribution in [0.25, 0.3) is 22.1 Å². The van der Waals surface area contributed by atoms with Crippen LogP contribution in [0, 0.1) is 11.7 Å². The average Bonchev–Trinajstić information content (AvgIpc) is 2.97. The van der Waals surface area contributed by atoms with E-state index in [1.54, 1.807) is 30.0 Å². The number of morpholine rings is 1. The summed E-state index contributed by atoms with van der Waals surface area (Å²) in [6.45, 7) is 6.85. The molecule has 2 fully saturated rings. The zero-order valence-corrected chi connectivity index (χ0v) is 24.2. The van der Waals surface area contributed by atoms with Crippen LogP contribution in [0.1, 0.15) is 26.2 Å². The van der Waals surface area contributed by atoms with E-state index in [9.17, 15) is 18.8 Å². The van der Waals surface area contributed by atoms with Crippen LogP contribution in [-0.2, 0) is 19.1 Å². The smallest absolute Gasteiger partial charge is 0.336 e. The summed E-state index contributed by atoms with van der Waals surface area (Å²) in [4.78, 5) is 41.9. The molecule has 0 aliphatic carbocycles. The van der Waals surface area contributed by atoms with Gasteiger partial charge in [0.05, 0.1) is 24.7 Å². The van der Waals surface area contributed by atoms with Crippen LogP contribution >= 0.6 is 11.6 Å². The molecule has 1 amide bonds. The Bertz CT molecular complexity index is 1490. The summed E-state index contributed by atoms with van der Waals surface area (Å²) in [7, 11) is 0. The van der Waals surface area contributed by atoms with Crippen LogP contribution in [0.2, 0.25) is 5.02 Å². The summed E-state index contributed by atoms with van der Waals surface area (Å²) >= 11 is 6.24. The molecule has 0 radical (unpaired) electrons. The molecule has 11 heteroatoms. The van der Waals surface area contributed by atoms with E-state index in [2.05, 4.69) is 4.90 Å². The fraction of sp³-hybridized carbons (Fsp3) is 0.452. The first-order valence-corrected chi connectivity index (χ1v) is 14.6. The van der Waals surface area contributed by atoms with E-state index in [1.807, 2.05) is 0 Å². The minimum absolute atomic E-state index is 0.0254. The number of amides is 1. The van der Waals surface area contributed by atoms with E-state index in [1.165, 1.54) is 24.3 Å². The van der Waals surface area contributed by atoms with Gasteiger partial charge in [0, 0.05) is 61.4 Å². The number of hydrogen-bond acceptors (Lipinski definition) is 8. The van der Waals surface area contributed by atoms with Crippen molar-refractivity contribution in [3.05, 3.63) is 63.7 Å². The number of carbonyl (C=O) groups is 2. The van der Waals surface area contributed by atoms with Crippen molar-refractivity contribution in [3.8, 4) is 16.9 Å². The second kappa shape index (κ2) is 13.7. The van der Waals surface area contributed by atoms with Crippen LogP contribution in [-0.4, -0.2) is 80.3 Å². The number of rotatable bonds is 9. The predicted molar refractivity (Wildman–Crippen MR) is 155 cm³/mol. The first-order chi connectivity index (χ1) is 20.3. The number of esters is 1. The van der Waals surface area contributed by atoms with Crippen molar-refractivity contribution < 1.29 is 32.6 Å². The first kappa shape index (κ1) is 30.0. The molecule has 0 N–H and O–H groups in total. The highest BCUT2D eigenvalue weighted by Gasteiger charge is 2.29. The van der Waals surface area contributed by atoms with Crippen molar-refractivity contribution in [2.45, 2.75) is 32.3 Å². The molecule has 224 valence electrons. The van der Waals surface area contributed by atoms with Gasteiger partial charge in [0.25, 0.3) is 5.91 Å². The Morgan fingerprint density at radius 3 is 2.69 bits per heavy atom. The molecule has 2 saturated heterocycles. The fourth-order valence-electron chi connectivity index (χ4n) is 5.50. The van der Waals surface area contributed by atoms with Gasteiger partial charge in [-0.05, 0) is 56.0 Å². The second-order valence-electron chi connectivity index (χ2n) is 10.7. The number of benzene rings is 2. The van der Waals surface area contributed by atoms with Crippen LogP contribution in [0.15, 0.2) is 51.7 Å². The number of halogens is 2. The third-order valence-corrected chi connectivity index (χ3v) is 7.97. The third kappa shape index (κ3) is 7.48. The number of piperidine rings is 1. The normalized spacial score (nSPS) is 18.5. The van der Waals surface area contributed by atoms with Gasteiger partial charge in [-0.3, -0.25) is 14.5 Å². The van der Waals surface area contributed by atoms with Gasteiger partial charge in [-0.25, -0.2) is 9.18 Å². The molecule has 2 atom stereocenters. The van der Waals surface area contributed by atoms with E-state index in [-0.39, 0.29) is 34.8 Å². The van der Waals surface area contributed by atoms with Crippen molar-refractivity contribution >= 4 is 34.4 Å². The van der Waals surface area contributed by atoms with Crippen molar-refractivity contribution in [1.82, 2.24) is 9.80 Å². The largest absolute Gasteiger partial charge is 0.481 e. The molecule has 0 spiro atoms. The summed E-state index contributed by atoms with van der Waals surface area (Å²) < 4.78 is 35.7. The standard InChI is InChI=1S/C31H34ClFN2O7/c1-20(31(38)35-8-2-3-21(19-35)15-29(36)40-14-11-34-9-12-39-13-10-34)41-23-5-7-25-26(18-30(37)42-28(25)17-23)24-6-4-22(33)16-27(24)32/h4-7,16-18,20-21H,2-3,8-15,19H2,1H3/t20?,21-/m1/s1. The highest BCUT2D eigenvalue weighted by molar-refractivity contribution is 6.33. The second-order valence-corrected chi connectivity index (χ2v) is 11.1. The number of nitrogens with zero attached hydrogens (tertiary/aromatic N) is 2. The number of likely N-dealkylation sites (tertiary alicyclic amines) is 1. The third-order valence-electron chi connectivity index (χ3n) is 7.66. The first-order valence-electron chi connectivity index (χ1n) is 14.2. The highest BCUT2D eigenvalue weighted by atomic mass is 35.5. The van der Waals surface area contributed by atoms with E-state index in [0.717, 1.165) is 25.9 Å². The molecular formula is C31H34ClFN2O7. The number of carbonyl (C=O) groups excluding carboxylic acids is 2.